The van der Waals surface area contributed by atoms with Gasteiger partial charge in [0.25, 0.3) is 0 Å². The van der Waals surface area contributed by atoms with Crippen molar-refractivity contribution in [3.63, 3.8) is 0 Å². The fraction of sp³-hybridized carbons (Fsp3) is 0.789. The average molecular weight is 496 g/mol. The van der Waals surface area contributed by atoms with Crippen molar-refractivity contribution in [2.24, 2.45) is 5.92 Å². The van der Waals surface area contributed by atoms with Crippen LogP contribution in [-0.2, 0) is 4.84 Å². The quantitative estimate of drug-likeness (QED) is 0.286. The normalized spacial score (nSPS) is 35.3. The fourth-order valence-corrected chi connectivity index (χ4v) is 5.41. The lowest BCUT2D eigenvalue weighted by Crippen LogP contribution is -2.55. The Labute approximate surface area is 192 Å². The Kier molecular flexibility index (Phi) is 7.69. The maximum atomic E-state index is 6.46. The molecule has 8 heteroatoms. The second kappa shape index (κ2) is 9.10. The van der Waals surface area contributed by atoms with E-state index in [1.807, 2.05) is 12.2 Å². The third-order valence-electron chi connectivity index (χ3n) is 5.90. The highest BCUT2D eigenvalue weighted by atomic mass is 35.6. The van der Waals surface area contributed by atoms with Crippen LogP contribution >= 0.6 is 69.6 Å². The summed E-state index contributed by atoms with van der Waals surface area (Å²) >= 11 is 35.2. The molecule has 0 unspecified atom stereocenters. The predicted octanol–water partition coefficient (Wildman–Crippen LogP) is 7.72. The molecule has 3 aliphatic rings. The molecule has 2 aliphatic heterocycles. The molecule has 1 spiro atoms. The summed E-state index contributed by atoms with van der Waals surface area (Å²) < 4.78 is -2.48. The van der Waals surface area contributed by atoms with Crippen LogP contribution in [0.25, 0.3) is 0 Å². The summed E-state index contributed by atoms with van der Waals surface area (Å²) in [5.41, 5.74) is 0.0684. The van der Waals surface area contributed by atoms with Crippen LogP contribution in [0, 0.1) is 5.92 Å². The molecule has 0 aromatic carbocycles. The second-order valence-corrected chi connectivity index (χ2v) is 12.8. The molecule has 3 fully saturated rings. The van der Waals surface area contributed by atoms with E-state index >= 15 is 0 Å². The largest absolute Gasteiger partial charge is 0.294 e. The van der Waals surface area contributed by atoms with E-state index in [-0.39, 0.29) is 11.6 Å². The van der Waals surface area contributed by atoms with Crippen LogP contribution in [0.2, 0.25) is 0 Å². The molecule has 1 aliphatic carbocycles. The van der Waals surface area contributed by atoms with Gasteiger partial charge in [0.1, 0.15) is 0 Å². The Morgan fingerprint density at radius 3 is 2.19 bits per heavy atom. The molecular formula is C19H25Cl6NO. The summed E-state index contributed by atoms with van der Waals surface area (Å²) in [6.45, 7) is 0. The van der Waals surface area contributed by atoms with Crippen LogP contribution in [0.15, 0.2) is 24.3 Å². The van der Waals surface area contributed by atoms with Crippen LogP contribution in [0.1, 0.15) is 57.8 Å². The third kappa shape index (κ3) is 5.85. The van der Waals surface area contributed by atoms with Crippen molar-refractivity contribution in [3.05, 3.63) is 24.3 Å². The SMILES string of the molecule is ClC(Cl)(Cl)C/C=C/C[C@@H]1CCC[C@]23CCC[C@H](ON12)[C@H]3/C=C/CC(Cl)(Cl)Cl. The number of hydrogen-bond acceptors (Lipinski definition) is 2. The lowest BCUT2D eigenvalue weighted by molar-refractivity contribution is -0.221. The molecule has 154 valence electrons. The lowest BCUT2D eigenvalue weighted by atomic mass is 9.67. The summed E-state index contributed by atoms with van der Waals surface area (Å²) in [4.78, 5) is 6.46. The molecule has 2 saturated heterocycles. The Bertz CT molecular complexity index is 566. The first-order chi connectivity index (χ1) is 12.6. The zero-order valence-corrected chi connectivity index (χ0v) is 19.6. The number of fused-ring (bicyclic) bond motifs is 1. The van der Waals surface area contributed by atoms with Crippen molar-refractivity contribution in [1.82, 2.24) is 5.06 Å². The van der Waals surface area contributed by atoms with E-state index in [0.717, 1.165) is 32.1 Å². The van der Waals surface area contributed by atoms with E-state index in [4.69, 9.17) is 74.4 Å². The van der Waals surface area contributed by atoms with Gasteiger partial charge in [0.05, 0.1) is 11.6 Å². The highest BCUT2D eigenvalue weighted by Crippen LogP contribution is 2.54. The number of alkyl halides is 6. The van der Waals surface area contributed by atoms with Crippen LogP contribution in [0.3, 0.4) is 0 Å². The van der Waals surface area contributed by atoms with Gasteiger partial charge in [-0.05, 0) is 44.9 Å². The molecule has 1 saturated carbocycles. The van der Waals surface area contributed by atoms with Crippen LogP contribution in [0.4, 0.5) is 0 Å². The van der Waals surface area contributed by atoms with E-state index in [0.29, 0.717) is 24.8 Å². The highest BCUT2D eigenvalue weighted by Gasteiger charge is 2.58. The first-order valence-electron chi connectivity index (χ1n) is 9.52. The number of rotatable bonds is 5. The second-order valence-electron chi connectivity index (χ2n) is 7.81. The summed E-state index contributed by atoms with van der Waals surface area (Å²) in [7, 11) is 0. The van der Waals surface area contributed by atoms with Crippen LogP contribution in [-0.4, -0.2) is 30.3 Å². The minimum Gasteiger partial charge on any atom is -0.294 e. The number of hydroxylamine groups is 2. The monoisotopic (exact) mass is 493 g/mol. The molecule has 4 atom stereocenters. The van der Waals surface area contributed by atoms with Gasteiger partial charge in [-0.25, -0.2) is 0 Å². The summed E-state index contributed by atoms with van der Waals surface area (Å²) in [6, 6.07) is 0.359. The zero-order valence-electron chi connectivity index (χ0n) is 15.0. The van der Waals surface area contributed by atoms with Crippen LogP contribution < -0.4 is 0 Å². The zero-order chi connectivity index (χ0) is 19.7. The average Bonchev–Trinajstić information content (AvgIpc) is 2.72. The number of piperidine rings is 1. The molecule has 0 aromatic heterocycles. The molecule has 2 nitrogen and oxygen atoms in total. The van der Waals surface area contributed by atoms with Crippen molar-refractivity contribution in [3.8, 4) is 0 Å². The van der Waals surface area contributed by atoms with Gasteiger partial charge in [0.2, 0.25) is 0 Å². The molecule has 27 heavy (non-hydrogen) atoms. The fourth-order valence-electron chi connectivity index (χ4n) is 4.88. The van der Waals surface area contributed by atoms with Gasteiger partial charge in [-0.15, -0.1) is 0 Å². The standard InChI is InChI=1S/C19H25Cl6NO/c20-18(21,22)12-2-1-6-14-7-3-10-17-11-5-9-16(27-26(14)17)15(17)8-4-13-19(23,24)25/h1-2,4,8,14-16H,3,5-7,9-13H2/b2-1+,8-4+/t14-,15-,16+,17-/m1/s1. The molecular weight excluding hydrogens is 471 g/mol. The van der Waals surface area contributed by atoms with E-state index < -0.39 is 7.59 Å². The molecule has 0 aromatic rings. The summed E-state index contributed by atoms with van der Waals surface area (Å²) in [5.74, 6) is 0.353. The maximum absolute atomic E-state index is 6.46. The molecule has 0 radical (unpaired) electrons. The molecule has 3 rings (SSSR count). The minimum atomic E-state index is -1.25. The van der Waals surface area contributed by atoms with Crippen molar-refractivity contribution in [2.75, 3.05) is 0 Å². The van der Waals surface area contributed by atoms with Gasteiger partial charge in [0, 0.05) is 24.8 Å². The number of hydrogen-bond donors (Lipinski definition) is 0. The van der Waals surface area contributed by atoms with Crippen molar-refractivity contribution >= 4 is 69.6 Å². The predicted molar refractivity (Wildman–Crippen MR) is 117 cm³/mol. The Morgan fingerprint density at radius 1 is 0.889 bits per heavy atom. The lowest BCUT2D eigenvalue weighted by Gasteiger charge is -2.48. The Hall–Kier alpha value is 1.14. The van der Waals surface area contributed by atoms with Crippen molar-refractivity contribution < 1.29 is 4.84 Å². The van der Waals surface area contributed by atoms with Gasteiger partial charge in [-0.2, -0.15) is 5.06 Å². The van der Waals surface area contributed by atoms with Gasteiger partial charge in [-0.1, -0.05) is 93.9 Å². The van der Waals surface area contributed by atoms with Crippen molar-refractivity contribution in [1.29, 1.82) is 0 Å². The minimum absolute atomic E-state index is 0.0684. The first kappa shape index (κ1) is 22.8. The van der Waals surface area contributed by atoms with Gasteiger partial charge in [0.15, 0.2) is 7.59 Å². The maximum Gasteiger partial charge on any atom is 0.194 e. The Balaban J connectivity index is 1.69. The summed E-state index contributed by atoms with van der Waals surface area (Å²) in [5, 5.41) is 2.30. The van der Waals surface area contributed by atoms with E-state index in [9.17, 15) is 0 Å². The first-order valence-corrected chi connectivity index (χ1v) is 11.8. The van der Waals surface area contributed by atoms with E-state index in [1.54, 1.807) is 0 Å². The topological polar surface area (TPSA) is 12.5 Å². The van der Waals surface area contributed by atoms with E-state index in [2.05, 4.69) is 17.2 Å². The third-order valence-corrected chi connectivity index (χ3v) is 6.83. The van der Waals surface area contributed by atoms with Gasteiger partial charge < -0.3 is 0 Å². The molecule has 2 heterocycles. The van der Waals surface area contributed by atoms with Gasteiger partial charge in [-0.3, -0.25) is 4.84 Å². The van der Waals surface area contributed by atoms with Crippen LogP contribution in [0.5, 0.6) is 0 Å². The highest BCUT2D eigenvalue weighted by molar-refractivity contribution is 6.68. The smallest absolute Gasteiger partial charge is 0.194 e. The summed E-state index contributed by atoms with van der Waals surface area (Å²) in [6.07, 6.45) is 17.2. The molecule has 0 amide bonds. The van der Waals surface area contributed by atoms with E-state index in [1.165, 1.54) is 12.8 Å². The molecule has 0 N–H and O–H groups in total. The molecule has 2 bridgehead atoms. The Morgan fingerprint density at radius 2 is 1.52 bits per heavy atom. The number of halogens is 6. The number of nitrogens with zero attached hydrogens (tertiary/aromatic N) is 1. The van der Waals surface area contributed by atoms with Gasteiger partial charge >= 0.3 is 0 Å². The van der Waals surface area contributed by atoms with Crippen molar-refractivity contribution in [2.45, 2.75) is 83.1 Å². The number of allylic oxidation sites excluding steroid dienone is 2.